The molecule has 1 amide bonds. The fraction of sp³-hybridized carbons (Fsp3) is 0.462. The van der Waals surface area contributed by atoms with Crippen LogP contribution in [0.15, 0.2) is 24.3 Å². The van der Waals surface area contributed by atoms with E-state index in [1.165, 1.54) is 5.56 Å². The molecule has 86 valence electrons. The predicted octanol–water partition coefficient (Wildman–Crippen LogP) is 2.43. The van der Waals surface area contributed by atoms with E-state index in [1.807, 2.05) is 31.2 Å². The first-order valence-corrected chi connectivity index (χ1v) is 6.10. The van der Waals surface area contributed by atoms with Crippen molar-refractivity contribution in [3.05, 3.63) is 35.4 Å². The van der Waals surface area contributed by atoms with Crippen LogP contribution in [0.2, 0.25) is 0 Å². The van der Waals surface area contributed by atoms with Crippen molar-refractivity contribution in [2.75, 3.05) is 5.88 Å². The number of carbonyl (C=O) groups excluding carboxylic acids is 1. The minimum absolute atomic E-state index is 0.0713. The second kappa shape index (κ2) is 4.46. The number of benzene rings is 1. The third kappa shape index (κ3) is 2.76. The molecule has 0 heterocycles. The van der Waals surface area contributed by atoms with E-state index in [2.05, 4.69) is 5.32 Å². The van der Waals surface area contributed by atoms with Gasteiger partial charge in [0.15, 0.2) is 0 Å². The van der Waals surface area contributed by atoms with Crippen LogP contribution >= 0.6 is 11.6 Å². The van der Waals surface area contributed by atoms with E-state index >= 15 is 0 Å². The zero-order valence-electron chi connectivity index (χ0n) is 9.42. The highest BCUT2D eigenvalue weighted by Gasteiger charge is 2.42. The second-order valence-corrected chi connectivity index (χ2v) is 4.89. The number of aryl methyl sites for hydroxylation is 1. The van der Waals surface area contributed by atoms with E-state index in [1.54, 1.807) is 0 Å². The Labute approximate surface area is 101 Å². The van der Waals surface area contributed by atoms with Gasteiger partial charge in [0, 0.05) is 5.88 Å². The van der Waals surface area contributed by atoms with Crippen LogP contribution in [0, 0.1) is 6.92 Å². The molecule has 0 atom stereocenters. The molecule has 0 unspecified atom stereocenters. The maximum absolute atomic E-state index is 11.7. The van der Waals surface area contributed by atoms with Crippen LogP contribution in [0.4, 0.5) is 0 Å². The lowest BCUT2D eigenvalue weighted by atomic mass is 10.1. The molecule has 0 bridgehead atoms. The van der Waals surface area contributed by atoms with Crippen molar-refractivity contribution in [2.45, 2.75) is 31.7 Å². The van der Waals surface area contributed by atoms with E-state index in [0.717, 1.165) is 18.4 Å². The number of rotatable bonds is 4. The lowest BCUT2D eigenvalue weighted by molar-refractivity contribution is -0.121. The number of hydrogen-bond acceptors (Lipinski definition) is 1. The van der Waals surface area contributed by atoms with Crippen LogP contribution in [-0.4, -0.2) is 17.3 Å². The van der Waals surface area contributed by atoms with Gasteiger partial charge in [-0.1, -0.05) is 29.8 Å². The Bertz CT molecular complexity index is 381. The molecule has 0 aromatic heterocycles. The largest absolute Gasteiger partial charge is 0.349 e. The molecule has 1 aliphatic carbocycles. The molecule has 1 aliphatic rings. The van der Waals surface area contributed by atoms with Crippen LogP contribution in [0.25, 0.3) is 0 Å². The average molecular weight is 238 g/mol. The summed E-state index contributed by atoms with van der Waals surface area (Å²) < 4.78 is 0. The van der Waals surface area contributed by atoms with E-state index in [9.17, 15) is 4.79 Å². The first-order chi connectivity index (χ1) is 7.63. The van der Waals surface area contributed by atoms with Gasteiger partial charge in [-0.15, -0.1) is 11.6 Å². The standard InChI is InChI=1S/C13H16ClNO/c1-10-2-4-11(5-3-10)8-12(16)15-13(9-14)6-7-13/h2-5H,6-9H2,1H3,(H,15,16). The number of halogens is 1. The highest BCUT2D eigenvalue weighted by Crippen LogP contribution is 2.36. The second-order valence-electron chi connectivity index (χ2n) is 4.62. The van der Waals surface area contributed by atoms with E-state index in [-0.39, 0.29) is 11.4 Å². The SMILES string of the molecule is Cc1ccc(CC(=O)NC2(CCl)CC2)cc1. The smallest absolute Gasteiger partial charge is 0.224 e. The zero-order chi connectivity index (χ0) is 11.6. The Morgan fingerprint density at radius 2 is 2.00 bits per heavy atom. The van der Waals surface area contributed by atoms with Crippen LogP contribution in [-0.2, 0) is 11.2 Å². The molecular weight excluding hydrogens is 222 g/mol. The van der Waals surface area contributed by atoms with Gasteiger partial charge >= 0.3 is 0 Å². The minimum atomic E-state index is -0.0939. The van der Waals surface area contributed by atoms with Crippen LogP contribution < -0.4 is 5.32 Å². The normalized spacial score (nSPS) is 16.9. The van der Waals surface area contributed by atoms with Gasteiger partial charge in [-0.05, 0) is 25.3 Å². The van der Waals surface area contributed by atoms with Gasteiger partial charge in [0.2, 0.25) is 5.91 Å². The molecule has 2 rings (SSSR count). The number of amides is 1. The summed E-state index contributed by atoms with van der Waals surface area (Å²) in [5.41, 5.74) is 2.17. The van der Waals surface area contributed by atoms with Gasteiger partial charge in [-0.3, -0.25) is 4.79 Å². The molecule has 0 radical (unpaired) electrons. The van der Waals surface area contributed by atoms with Gasteiger partial charge in [-0.25, -0.2) is 0 Å². The van der Waals surface area contributed by atoms with Crippen LogP contribution in [0.5, 0.6) is 0 Å². The molecule has 0 spiro atoms. The molecular formula is C13H16ClNO. The van der Waals surface area contributed by atoms with E-state index in [0.29, 0.717) is 12.3 Å². The van der Waals surface area contributed by atoms with Gasteiger partial charge in [0.1, 0.15) is 0 Å². The number of alkyl halides is 1. The van der Waals surface area contributed by atoms with Gasteiger partial charge in [-0.2, -0.15) is 0 Å². The number of carbonyl (C=O) groups is 1. The van der Waals surface area contributed by atoms with Crippen LogP contribution in [0.1, 0.15) is 24.0 Å². The number of nitrogens with one attached hydrogen (secondary N) is 1. The Balaban J connectivity index is 1.90. The third-order valence-electron chi connectivity index (χ3n) is 3.00. The molecule has 16 heavy (non-hydrogen) atoms. The molecule has 3 heteroatoms. The molecule has 1 saturated carbocycles. The summed E-state index contributed by atoms with van der Waals surface area (Å²) >= 11 is 5.81. The van der Waals surface area contributed by atoms with Crippen molar-refractivity contribution in [1.29, 1.82) is 0 Å². The Morgan fingerprint density at radius 3 is 2.50 bits per heavy atom. The predicted molar refractivity (Wildman–Crippen MR) is 65.7 cm³/mol. The summed E-state index contributed by atoms with van der Waals surface area (Å²) in [6.45, 7) is 2.04. The zero-order valence-corrected chi connectivity index (χ0v) is 10.2. The molecule has 1 aromatic carbocycles. The van der Waals surface area contributed by atoms with Gasteiger partial charge in [0.25, 0.3) is 0 Å². The maximum Gasteiger partial charge on any atom is 0.224 e. The summed E-state index contributed by atoms with van der Waals surface area (Å²) in [7, 11) is 0. The molecule has 1 fully saturated rings. The van der Waals surface area contributed by atoms with E-state index < -0.39 is 0 Å². The van der Waals surface area contributed by atoms with Crippen LogP contribution in [0.3, 0.4) is 0 Å². The maximum atomic E-state index is 11.7. The summed E-state index contributed by atoms with van der Waals surface area (Å²) in [5.74, 6) is 0.592. The molecule has 1 N–H and O–H groups in total. The summed E-state index contributed by atoms with van der Waals surface area (Å²) in [6.07, 6.45) is 2.46. The topological polar surface area (TPSA) is 29.1 Å². The quantitative estimate of drug-likeness (QED) is 0.801. The third-order valence-corrected chi connectivity index (χ3v) is 3.51. The van der Waals surface area contributed by atoms with E-state index in [4.69, 9.17) is 11.6 Å². The molecule has 0 aliphatic heterocycles. The van der Waals surface area contributed by atoms with Crippen molar-refractivity contribution in [3.8, 4) is 0 Å². The first-order valence-electron chi connectivity index (χ1n) is 5.56. The number of hydrogen-bond donors (Lipinski definition) is 1. The Morgan fingerprint density at radius 1 is 1.38 bits per heavy atom. The lowest BCUT2D eigenvalue weighted by Gasteiger charge is -2.13. The molecule has 2 nitrogen and oxygen atoms in total. The molecule has 1 aromatic rings. The van der Waals surface area contributed by atoms with Crippen molar-refractivity contribution in [3.63, 3.8) is 0 Å². The van der Waals surface area contributed by atoms with Crippen molar-refractivity contribution in [2.24, 2.45) is 0 Å². The molecule has 0 saturated heterocycles. The lowest BCUT2D eigenvalue weighted by Crippen LogP contribution is -2.39. The Kier molecular flexibility index (Phi) is 3.20. The first kappa shape index (κ1) is 11.5. The van der Waals surface area contributed by atoms with Crippen molar-refractivity contribution in [1.82, 2.24) is 5.32 Å². The highest BCUT2D eigenvalue weighted by atomic mass is 35.5. The fourth-order valence-corrected chi connectivity index (χ4v) is 2.01. The van der Waals surface area contributed by atoms with Crippen molar-refractivity contribution >= 4 is 17.5 Å². The monoisotopic (exact) mass is 237 g/mol. The summed E-state index contributed by atoms with van der Waals surface area (Å²) in [4.78, 5) is 11.7. The summed E-state index contributed by atoms with van der Waals surface area (Å²) in [5, 5.41) is 3.01. The van der Waals surface area contributed by atoms with Gasteiger partial charge in [0.05, 0.1) is 12.0 Å². The minimum Gasteiger partial charge on any atom is -0.349 e. The fourth-order valence-electron chi connectivity index (χ4n) is 1.67. The highest BCUT2D eigenvalue weighted by molar-refractivity contribution is 6.19. The Hall–Kier alpha value is -1.02. The van der Waals surface area contributed by atoms with Crippen molar-refractivity contribution < 1.29 is 4.79 Å². The van der Waals surface area contributed by atoms with Gasteiger partial charge < -0.3 is 5.32 Å². The average Bonchev–Trinajstić information content (AvgIpc) is 3.02. The summed E-state index contributed by atoms with van der Waals surface area (Å²) in [6, 6.07) is 8.04.